The average molecular weight is 331 g/mol. The Morgan fingerprint density at radius 2 is 1.62 bits per heavy atom. The van der Waals surface area contributed by atoms with Crippen LogP contribution in [0.3, 0.4) is 0 Å². The van der Waals surface area contributed by atoms with Crippen molar-refractivity contribution in [3.63, 3.8) is 0 Å². The van der Waals surface area contributed by atoms with Crippen molar-refractivity contribution in [1.29, 1.82) is 0 Å². The predicted octanol–water partition coefficient (Wildman–Crippen LogP) is 6.29. The number of ketones is 1. The van der Waals surface area contributed by atoms with Crippen LogP contribution in [0.4, 0.5) is 0 Å². The van der Waals surface area contributed by atoms with Crippen LogP contribution in [0.5, 0.6) is 5.75 Å². The van der Waals surface area contributed by atoms with Crippen molar-refractivity contribution < 1.29 is 9.53 Å². The van der Waals surface area contributed by atoms with E-state index in [1.807, 2.05) is 12.1 Å². The molecular weight excluding hydrogens is 296 g/mol. The largest absolute Gasteiger partial charge is 0.494 e. The molecule has 1 fully saturated rings. The number of benzene rings is 1. The van der Waals surface area contributed by atoms with Gasteiger partial charge in [0.2, 0.25) is 0 Å². The molecule has 0 radical (unpaired) electrons. The number of ether oxygens (including phenoxy) is 1. The topological polar surface area (TPSA) is 26.3 Å². The quantitative estimate of drug-likeness (QED) is 0.471. The molecule has 1 saturated carbocycles. The summed E-state index contributed by atoms with van der Waals surface area (Å²) >= 11 is 0. The second-order valence-electron chi connectivity index (χ2n) is 7.44. The van der Waals surface area contributed by atoms with Crippen molar-refractivity contribution in [3.05, 3.63) is 29.8 Å². The van der Waals surface area contributed by atoms with Crippen LogP contribution in [0, 0.1) is 5.92 Å². The predicted molar refractivity (Wildman–Crippen MR) is 101 cm³/mol. The van der Waals surface area contributed by atoms with Gasteiger partial charge in [-0.15, -0.1) is 0 Å². The van der Waals surface area contributed by atoms with Crippen LogP contribution in [0.15, 0.2) is 24.3 Å². The molecule has 0 saturated heterocycles. The van der Waals surface area contributed by atoms with Gasteiger partial charge < -0.3 is 4.74 Å². The SMILES string of the molecule is CCCCCCCCCOc1ccc([C@H]2CC[C@H](C)CC2=O)cc1. The lowest BCUT2D eigenvalue weighted by molar-refractivity contribution is -0.123. The lowest BCUT2D eigenvalue weighted by Crippen LogP contribution is -2.21. The zero-order valence-corrected chi connectivity index (χ0v) is 15.6. The van der Waals surface area contributed by atoms with Gasteiger partial charge in [0.15, 0.2) is 0 Å². The highest BCUT2D eigenvalue weighted by Gasteiger charge is 2.27. The Morgan fingerprint density at radius 1 is 0.958 bits per heavy atom. The summed E-state index contributed by atoms with van der Waals surface area (Å²) in [6, 6.07) is 8.22. The maximum Gasteiger partial charge on any atom is 0.140 e. The molecule has 0 heterocycles. The van der Waals surface area contributed by atoms with E-state index in [2.05, 4.69) is 26.0 Å². The second-order valence-corrected chi connectivity index (χ2v) is 7.44. The van der Waals surface area contributed by atoms with Gasteiger partial charge in [0, 0.05) is 12.3 Å². The third-order valence-corrected chi connectivity index (χ3v) is 5.19. The fourth-order valence-electron chi connectivity index (χ4n) is 3.60. The summed E-state index contributed by atoms with van der Waals surface area (Å²) in [4.78, 5) is 12.2. The molecule has 0 bridgehead atoms. The van der Waals surface area contributed by atoms with Crippen molar-refractivity contribution in [2.75, 3.05) is 6.61 Å². The van der Waals surface area contributed by atoms with E-state index in [1.165, 1.54) is 38.5 Å². The molecule has 0 N–H and O–H groups in total. The van der Waals surface area contributed by atoms with Gasteiger partial charge in [-0.3, -0.25) is 4.79 Å². The molecule has 134 valence electrons. The summed E-state index contributed by atoms with van der Waals surface area (Å²) < 4.78 is 5.84. The number of carbonyl (C=O) groups is 1. The van der Waals surface area contributed by atoms with Crippen LogP contribution < -0.4 is 4.74 Å². The Hall–Kier alpha value is -1.31. The molecule has 1 aromatic rings. The van der Waals surface area contributed by atoms with E-state index in [4.69, 9.17) is 4.74 Å². The van der Waals surface area contributed by atoms with E-state index in [0.29, 0.717) is 11.7 Å². The smallest absolute Gasteiger partial charge is 0.140 e. The first-order valence-electron chi connectivity index (χ1n) is 9.96. The molecule has 1 aromatic carbocycles. The highest BCUT2D eigenvalue weighted by atomic mass is 16.5. The molecule has 0 spiro atoms. The lowest BCUT2D eigenvalue weighted by Gasteiger charge is -2.25. The first kappa shape index (κ1) is 19.0. The van der Waals surface area contributed by atoms with Crippen molar-refractivity contribution in [1.82, 2.24) is 0 Å². The van der Waals surface area contributed by atoms with Gasteiger partial charge in [-0.05, 0) is 42.9 Å². The summed E-state index contributed by atoms with van der Waals surface area (Å²) in [5, 5.41) is 0. The first-order chi connectivity index (χ1) is 11.7. The second kappa shape index (κ2) is 10.5. The third-order valence-electron chi connectivity index (χ3n) is 5.19. The third kappa shape index (κ3) is 6.30. The molecule has 0 amide bonds. The van der Waals surface area contributed by atoms with Crippen LogP contribution in [-0.2, 0) is 4.79 Å². The van der Waals surface area contributed by atoms with Crippen molar-refractivity contribution in [2.24, 2.45) is 5.92 Å². The summed E-state index contributed by atoms with van der Waals surface area (Å²) in [5.41, 5.74) is 1.16. The van der Waals surface area contributed by atoms with Gasteiger partial charge in [0.25, 0.3) is 0 Å². The highest BCUT2D eigenvalue weighted by Crippen LogP contribution is 2.33. The Kier molecular flexibility index (Phi) is 8.35. The molecule has 2 rings (SSSR count). The van der Waals surface area contributed by atoms with Crippen LogP contribution in [0.1, 0.15) is 89.5 Å². The van der Waals surface area contributed by atoms with Gasteiger partial charge >= 0.3 is 0 Å². The fourth-order valence-corrected chi connectivity index (χ4v) is 3.60. The van der Waals surface area contributed by atoms with Crippen LogP contribution >= 0.6 is 0 Å². The van der Waals surface area contributed by atoms with Crippen molar-refractivity contribution >= 4 is 5.78 Å². The lowest BCUT2D eigenvalue weighted by atomic mass is 9.78. The van der Waals surface area contributed by atoms with E-state index in [1.54, 1.807) is 0 Å². The molecule has 1 aliphatic rings. The van der Waals surface area contributed by atoms with Gasteiger partial charge in [-0.1, -0.05) is 64.5 Å². The Balaban J connectivity index is 1.66. The average Bonchev–Trinajstić information content (AvgIpc) is 2.58. The summed E-state index contributed by atoms with van der Waals surface area (Å²) in [5.74, 6) is 2.00. The zero-order chi connectivity index (χ0) is 17.2. The molecule has 2 heteroatoms. The monoisotopic (exact) mass is 330 g/mol. The first-order valence-corrected chi connectivity index (χ1v) is 9.96. The molecule has 2 nitrogen and oxygen atoms in total. The van der Waals surface area contributed by atoms with Gasteiger partial charge in [0.05, 0.1) is 6.61 Å². The standard InChI is InChI=1S/C22H34O2/c1-3-4-5-6-7-8-9-16-24-20-13-11-19(12-14-20)21-15-10-18(2)17-22(21)23/h11-14,18,21H,3-10,15-17H2,1-2H3/t18-,21+/m0/s1. The van der Waals surface area contributed by atoms with Crippen molar-refractivity contribution in [3.8, 4) is 5.75 Å². The number of unbranched alkanes of at least 4 members (excludes halogenated alkanes) is 6. The fraction of sp³-hybridized carbons (Fsp3) is 0.682. The van der Waals surface area contributed by atoms with E-state index in [9.17, 15) is 4.79 Å². The maximum atomic E-state index is 12.2. The summed E-state index contributed by atoms with van der Waals surface area (Å²) in [7, 11) is 0. The molecule has 24 heavy (non-hydrogen) atoms. The maximum absolute atomic E-state index is 12.2. The molecule has 0 aromatic heterocycles. The number of Topliss-reactive ketones (excluding diaryl/α,β-unsaturated/α-hetero) is 1. The van der Waals surface area contributed by atoms with Gasteiger partial charge in [-0.2, -0.15) is 0 Å². The molecular formula is C22H34O2. The van der Waals surface area contributed by atoms with Crippen molar-refractivity contribution in [2.45, 2.75) is 84.0 Å². The van der Waals surface area contributed by atoms with E-state index in [-0.39, 0.29) is 5.92 Å². The Bertz CT molecular complexity index is 477. The summed E-state index contributed by atoms with van der Waals surface area (Å²) in [6.45, 7) is 5.23. The molecule has 0 unspecified atom stereocenters. The van der Waals surface area contributed by atoms with Crippen LogP contribution in [0.25, 0.3) is 0 Å². The Labute approximate surface area is 148 Å². The zero-order valence-electron chi connectivity index (χ0n) is 15.6. The van der Waals surface area contributed by atoms with Gasteiger partial charge in [-0.25, -0.2) is 0 Å². The number of carbonyl (C=O) groups excluding carboxylic acids is 1. The minimum atomic E-state index is 0.110. The highest BCUT2D eigenvalue weighted by molar-refractivity contribution is 5.86. The molecule has 1 aliphatic carbocycles. The van der Waals surface area contributed by atoms with Crippen LogP contribution in [0.2, 0.25) is 0 Å². The van der Waals surface area contributed by atoms with E-state index < -0.39 is 0 Å². The van der Waals surface area contributed by atoms with E-state index >= 15 is 0 Å². The minimum Gasteiger partial charge on any atom is -0.494 e. The Morgan fingerprint density at radius 3 is 2.29 bits per heavy atom. The summed E-state index contributed by atoms with van der Waals surface area (Å²) in [6.07, 6.45) is 12.0. The van der Waals surface area contributed by atoms with E-state index in [0.717, 1.165) is 43.6 Å². The number of hydrogen-bond donors (Lipinski definition) is 0. The minimum absolute atomic E-state index is 0.110. The number of hydrogen-bond acceptors (Lipinski definition) is 2. The van der Waals surface area contributed by atoms with Crippen LogP contribution in [-0.4, -0.2) is 12.4 Å². The molecule has 2 atom stereocenters. The normalized spacial score (nSPS) is 21.0. The molecule has 0 aliphatic heterocycles. The number of rotatable bonds is 10. The van der Waals surface area contributed by atoms with Gasteiger partial charge in [0.1, 0.15) is 11.5 Å².